The summed E-state index contributed by atoms with van der Waals surface area (Å²) >= 11 is 0. The summed E-state index contributed by atoms with van der Waals surface area (Å²) in [5.74, 6) is 4.77. The van der Waals surface area contributed by atoms with Crippen molar-refractivity contribution in [3.63, 3.8) is 0 Å². The molecule has 0 aromatic heterocycles. The fraction of sp³-hybridized carbons (Fsp3) is 0.786. The van der Waals surface area contributed by atoms with Gasteiger partial charge in [0.25, 0.3) is 0 Å². The van der Waals surface area contributed by atoms with E-state index >= 15 is 0 Å². The number of primary amides is 1. The van der Waals surface area contributed by atoms with Crippen LogP contribution < -0.4 is 22.3 Å². The first kappa shape index (κ1) is 19.4. The van der Waals surface area contributed by atoms with Gasteiger partial charge in [-0.25, -0.2) is 10.6 Å². The zero-order valence-electron chi connectivity index (χ0n) is 13.4. The topological polar surface area (TPSA) is 127 Å². The Labute approximate surface area is 126 Å². The Bertz CT molecular complexity index is 384. The molecule has 0 aliphatic heterocycles. The highest BCUT2D eigenvalue weighted by Gasteiger charge is 2.53. The molecule has 0 bridgehead atoms. The summed E-state index contributed by atoms with van der Waals surface area (Å²) < 4.78 is 0. The number of carbonyl (C=O) groups is 3. The SMILES string of the molecule is CC(C)(C)C(=O)C1(C(=O)NN)CCC1.CCCNC(N)=O. The van der Waals surface area contributed by atoms with Gasteiger partial charge in [-0.3, -0.25) is 15.0 Å². The van der Waals surface area contributed by atoms with Crippen molar-refractivity contribution in [3.05, 3.63) is 0 Å². The van der Waals surface area contributed by atoms with E-state index in [9.17, 15) is 14.4 Å². The first-order valence-corrected chi connectivity index (χ1v) is 7.21. The summed E-state index contributed by atoms with van der Waals surface area (Å²) in [5.41, 5.74) is 5.51. The highest BCUT2D eigenvalue weighted by molar-refractivity contribution is 6.08. The van der Waals surface area contributed by atoms with Crippen molar-refractivity contribution in [2.45, 2.75) is 53.4 Å². The number of urea groups is 1. The van der Waals surface area contributed by atoms with E-state index in [1.807, 2.05) is 27.7 Å². The minimum atomic E-state index is -0.840. The molecular weight excluding hydrogens is 272 g/mol. The van der Waals surface area contributed by atoms with E-state index in [-0.39, 0.29) is 11.7 Å². The van der Waals surface area contributed by atoms with Gasteiger partial charge in [-0.2, -0.15) is 0 Å². The average Bonchev–Trinajstić information content (AvgIpc) is 2.34. The molecule has 1 saturated carbocycles. The molecule has 21 heavy (non-hydrogen) atoms. The Morgan fingerprint density at radius 1 is 1.19 bits per heavy atom. The Kier molecular flexibility index (Phi) is 7.35. The average molecular weight is 300 g/mol. The zero-order chi connectivity index (χ0) is 16.7. The van der Waals surface area contributed by atoms with E-state index < -0.39 is 16.9 Å². The maximum absolute atomic E-state index is 12.1. The van der Waals surface area contributed by atoms with E-state index in [4.69, 9.17) is 11.6 Å². The van der Waals surface area contributed by atoms with Crippen LogP contribution in [0.2, 0.25) is 0 Å². The Hall–Kier alpha value is -1.63. The van der Waals surface area contributed by atoms with Gasteiger partial charge in [-0.1, -0.05) is 34.1 Å². The lowest BCUT2D eigenvalue weighted by molar-refractivity contribution is -0.153. The fourth-order valence-corrected chi connectivity index (χ4v) is 2.19. The van der Waals surface area contributed by atoms with Gasteiger partial charge in [0.05, 0.1) is 0 Å². The van der Waals surface area contributed by atoms with Gasteiger partial charge in [-0.05, 0) is 19.3 Å². The van der Waals surface area contributed by atoms with Crippen molar-refractivity contribution in [1.29, 1.82) is 0 Å². The van der Waals surface area contributed by atoms with Gasteiger partial charge in [0.15, 0.2) is 5.78 Å². The van der Waals surface area contributed by atoms with Crippen LogP contribution in [0.1, 0.15) is 53.4 Å². The number of hydrazine groups is 1. The smallest absolute Gasteiger partial charge is 0.312 e. The molecule has 0 heterocycles. The predicted octanol–water partition coefficient (Wildman–Crippen LogP) is 0.827. The minimum Gasteiger partial charge on any atom is -0.352 e. The third-order valence-electron chi connectivity index (χ3n) is 3.44. The maximum Gasteiger partial charge on any atom is 0.312 e. The Balaban J connectivity index is 0.000000486. The molecule has 122 valence electrons. The first-order valence-electron chi connectivity index (χ1n) is 7.21. The van der Waals surface area contributed by atoms with Crippen LogP contribution >= 0.6 is 0 Å². The lowest BCUT2D eigenvalue weighted by atomic mass is 9.60. The Morgan fingerprint density at radius 2 is 1.71 bits per heavy atom. The molecule has 1 aliphatic carbocycles. The van der Waals surface area contributed by atoms with Crippen molar-refractivity contribution < 1.29 is 14.4 Å². The fourth-order valence-electron chi connectivity index (χ4n) is 2.19. The molecule has 0 aromatic rings. The van der Waals surface area contributed by atoms with Crippen LogP contribution in [0.25, 0.3) is 0 Å². The number of Topliss-reactive ketones (excluding diaryl/α,β-unsaturated/α-hetero) is 1. The largest absolute Gasteiger partial charge is 0.352 e. The lowest BCUT2D eigenvalue weighted by Gasteiger charge is -2.41. The molecule has 0 unspecified atom stereocenters. The van der Waals surface area contributed by atoms with Crippen LogP contribution in [0.5, 0.6) is 0 Å². The van der Waals surface area contributed by atoms with Crippen LogP contribution in [-0.2, 0) is 9.59 Å². The Morgan fingerprint density at radius 3 is 1.90 bits per heavy atom. The summed E-state index contributed by atoms with van der Waals surface area (Å²) in [4.78, 5) is 33.5. The molecule has 1 aliphatic rings. The summed E-state index contributed by atoms with van der Waals surface area (Å²) in [7, 11) is 0. The van der Waals surface area contributed by atoms with Gasteiger partial charge < -0.3 is 11.1 Å². The second kappa shape index (κ2) is 7.97. The molecular formula is C14H28N4O3. The third-order valence-corrected chi connectivity index (χ3v) is 3.44. The monoisotopic (exact) mass is 300 g/mol. The van der Waals surface area contributed by atoms with E-state index in [2.05, 4.69) is 10.7 Å². The molecule has 0 spiro atoms. The number of amides is 3. The van der Waals surface area contributed by atoms with Crippen LogP contribution in [0, 0.1) is 10.8 Å². The second-order valence-corrected chi connectivity index (χ2v) is 6.28. The molecule has 7 heteroatoms. The first-order chi connectivity index (χ1) is 9.61. The number of ketones is 1. The van der Waals surface area contributed by atoms with Crippen LogP contribution in [0.4, 0.5) is 4.79 Å². The van der Waals surface area contributed by atoms with Gasteiger partial charge in [0, 0.05) is 12.0 Å². The number of nitrogens with two attached hydrogens (primary N) is 2. The van der Waals surface area contributed by atoms with E-state index in [0.717, 1.165) is 12.8 Å². The van der Waals surface area contributed by atoms with Crippen molar-refractivity contribution in [2.24, 2.45) is 22.4 Å². The molecule has 7 nitrogen and oxygen atoms in total. The standard InChI is InChI=1S/C10H18N2O2.C4H10N2O/c1-9(2,3)7(13)10(5-4-6-10)8(14)12-11;1-2-3-6-4(5)7/h4-6,11H2,1-3H3,(H,12,14);2-3H2,1H3,(H3,5,6,7). The van der Waals surface area contributed by atoms with Crippen molar-refractivity contribution in [3.8, 4) is 0 Å². The van der Waals surface area contributed by atoms with Crippen molar-refractivity contribution in [2.75, 3.05) is 6.54 Å². The summed E-state index contributed by atoms with van der Waals surface area (Å²) in [5, 5.41) is 2.43. The maximum atomic E-state index is 12.1. The summed E-state index contributed by atoms with van der Waals surface area (Å²) in [6.45, 7) is 8.14. The summed E-state index contributed by atoms with van der Waals surface area (Å²) in [6.07, 6.45) is 3.12. The van der Waals surface area contributed by atoms with Crippen LogP contribution in [0.3, 0.4) is 0 Å². The number of rotatable bonds is 4. The normalized spacial score (nSPS) is 15.9. The highest BCUT2D eigenvalue weighted by Crippen LogP contribution is 2.46. The van der Waals surface area contributed by atoms with Gasteiger partial charge in [-0.15, -0.1) is 0 Å². The third kappa shape index (κ3) is 5.34. The minimum absolute atomic E-state index is 0.000741. The molecule has 0 saturated heterocycles. The molecule has 3 amide bonds. The van der Waals surface area contributed by atoms with Crippen LogP contribution in [-0.4, -0.2) is 24.3 Å². The molecule has 0 aromatic carbocycles. The number of hydrogen-bond donors (Lipinski definition) is 4. The predicted molar refractivity (Wildman–Crippen MR) is 81.0 cm³/mol. The zero-order valence-corrected chi connectivity index (χ0v) is 13.4. The molecule has 1 rings (SSSR count). The molecule has 0 radical (unpaired) electrons. The van der Waals surface area contributed by atoms with E-state index in [1.165, 1.54) is 0 Å². The van der Waals surface area contributed by atoms with E-state index in [1.54, 1.807) is 0 Å². The molecule has 1 fully saturated rings. The summed E-state index contributed by atoms with van der Waals surface area (Å²) in [6, 6.07) is -0.443. The molecule has 6 N–H and O–H groups in total. The molecule has 0 atom stereocenters. The van der Waals surface area contributed by atoms with Gasteiger partial charge in [0.2, 0.25) is 5.91 Å². The quantitative estimate of drug-likeness (QED) is 0.265. The van der Waals surface area contributed by atoms with Crippen molar-refractivity contribution in [1.82, 2.24) is 10.7 Å². The lowest BCUT2D eigenvalue weighted by Crippen LogP contribution is -2.55. The van der Waals surface area contributed by atoms with Crippen LogP contribution in [0.15, 0.2) is 0 Å². The second-order valence-electron chi connectivity index (χ2n) is 6.28. The van der Waals surface area contributed by atoms with E-state index in [0.29, 0.717) is 19.4 Å². The number of nitrogens with one attached hydrogen (secondary N) is 2. The number of carbonyl (C=O) groups excluding carboxylic acids is 3. The van der Waals surface area contributed by atoms with Gasteiger partial charge >= 0.3 is 6.03 Å². The number of hydrogen-bond acceptors (Lipinski definition) is 4. The van der Waals surface area contributed by atoms with Crippen molar-refractivity contribution >= 4 is 17.7 Å². The van der Waals surface area contributed by atoms with Gasteiger partial charge in [0.1, 0.15) is 5.41 Å². The highest BCUT2D eigenvalue weighted by atomic mass is 16.2.